The number of ether oxygens (including phenoxy) is 2. The Morgan fingerprint density at radius 3 is 2.69 bits per heavy atom. The molecule has 2 atom stereocenters. The van der Waals surface area contributed by atoms with E-state index in [0.29, 0.717) is 5.56 Å². The molecule has 8 nitrogen and oxygen atoms in total. The number of nitrogens with two attached hydrogens (primary N) is 1. The Labute approximate surface area is 205 Å². The molecule has 2 aromatic carbocycles. The molecule has 0 fully saturated rings. The van der Waals surface area contributed by atoms with Gasteiger partial charge < -0.3 is 20.5 Å². The summed E-state index contributed by atoms with van der Waals surface area (Å²) >= 11 is 0. The van der Waals surface area contributed by atoms with Gasteiger partial charge in [-0.2, -0.15) is 5.26 Å². The zero-order chi connectivity index (χ0) is 25.3. The van der Waals surface area contributed by atoms with Crippen LogP contribution in [0.25, 0.3) is 0 Å². The van der Waals surface area contributed by atoms with Crippen LogP contribution in [0.15, 0.2) is 71.9 Å². The van der Waals surface area contributed by atoms with Crippen molar-refractivity contribution in [3.05, 3.63) is 89.2 Å². The zero-order valence-electron chi connectivity index (χ0n) is 18.9. The minimum atomic E-state index is -3.42. The van der Waals surface area contributed by atoms with Crippen LogP contribution in [0.1, 0.15) is 39.7 Å². The largest absolute Gasteiger partial charge is 0.485 e. The SMILES string of the molecule is N#Cc1ccc(C(=O)Nc2ccc3c(c2)[C@@]2(CC(c4ccccc4)O3)N=C(N)COCC2(F)F)nc1. The fourth-order valence-electron chi connectivity index (χ4n) is 4.46. The number of hydrogen-bond donors (Lipinski definition) is 2. The van der Waals surface area contributed by atoms with E-state index in [0.717, 1.165) is 5.56 Å². The summed E-state index contributed by atoms with van der Waals surface area (Å²) in [5.74, 6) is -3.83. The summed E-state index contributed by atoms with van der Waals surface area (Å²) in [5.41, 5.74) is 5.34. The fraction of sp³-hybridized carbons (Fsp3) is 0.231. The van der Waals surface area contributed by atoms with Crippen molar-refractivity contribution in [3.8, 4) is 11.8 Å². The number of nitrogens with one attached hydrogen (secondary N) is 1. The Balaban J connectivity index is 1.57. The molecule has 1 unspecified atom stereocenters. The predicted octanol–water partition coefficient (Wildman–Crippen LogP) is 3.95. The van der Waals surface area contributed by atoms with Crippen LogP contribution in [0.3, 0.4) is 0 Å². The van der Waals surface area contributed by atoms with E-state index in [1.54, 1.807) is 18.2 Å². The van der Waals surface area contributed by atoms with E-state index in [4.69, 9.17) is 20.5 Å². The molecular weight excluding hydrogens is 468 g/mol. The minimum absolute atomic E-state index is 0.0527. The number of rotatable bonds is 3. The van der Waals surface area contributed by atoms with Crippen LogP contribution in [0.5, 0.6) is 5.75 Å². The van der Waals surface area contributed by atoms with Crippen molar-refractivity contribution in [1.82, 2.24) is 4.98 Å². The molecule has 3 N–H and O–H groups in total. The molecular formula is C26H21F2N5O3. The first-order chi connectivity index (χ1) is 17.3. The summed E-state index contributed by atoms with van der Waals surface area (Å²) in [6.07, 6.45) is 0.385. The lowest BCUT2D eigenvalue weighted by Crippen LogP contribution is -2.50. The maximum atomic E-state index is 15.8. The summed E-state index contributed by atoms with van der Waals surface area (Å²) in [6.45, 7) is -1.09. The number of halogens is 2. The third-order valence-corrected chi connectivity index (χ3v) is 6.20. The molecule has 10 heteroatoms. The third-order valence-electron chi connectivity index (χ3n) is 6.20. The lowest BCUT2D eigenvalue weighted by Gasteiger charge is -2.43. The summed E-state index contributed by atoms with van der Waals surface area (Å²) in [4.78, 5) is 21.0. The van der Waals surface area contributed by atoms with Crippen molar-refractivity contribution >= 4 is 17.4 Å². The van der Waals surface area contributed by atoms with Crippen LogP contribution >= 0.6 is 0 Å². The Morgan fingerprint density at radius 1 is 1.17 bits per heavy atom. The van der Waals surface area contributed by atoms with Crippen molar-refractivity contribution in [2.45, 2.75) is 24.0 Å². The lowest BCUT2D eigenvalue weighted by molar-refractivity contribution is -0.136. The van der Waals surface area contributed by atoms with Crippen molar-refractivity contribution in [2.75, 3.05) is 18.5 Å². The van der Waals surface area contributed by atoms with Crippen molar-refractivity contribution in [2.24, 2.45) is 10.7 Å². The first-order valence-corrected chi connectivity index (χ1v) is 11.1. The average Bonchev–Trinajstić information content (AvgIpc) is 2.99. The monoisotopic (exact) mass is 489 g/mol. The van der Waals surface area contributed by atoms with E-state index < -0.39 is 30.1 Å². The number of carbonyl (C=O) groups excluding carboxylic acids is 1. The number of alkyl halides is 2. The van der Waals surface area contributed by atoms with Crippen molar-refractivity contribution in [3.63, 3.8) is 0 Å². The number of anilines is 1. The van der Waals surface area contributed by atoms with Crippen LogP contribution in [0, 0.1) is 11.3 Å². The van der Waals surface area contributed by atoms with Crippen LogP contribution in [-0.4, -0.2) is 35.9 Å². The van der Waals surface area contributed by atoms with Crippen molar-refractivity contribution in [1.29, 1.82) is 5.26 Å². The number of fused-ring (bicyclic) bond motifs is 2. The summed E-state index contributed by atoms with van der Waals surface area (Å²) < 4.78 is 42.9. The number of nitriles is 1. The summed E-state index contributed by atoms with van der Waals surface area (Å²) in [5, 5.41) is 11.6. The Morgan fingerprint density at radius 2 is 1.97 bits per heavy atom. The van der Waals surface area contributed by atoms with E-state index in [9.17, 15) is 4.79 Å². The standard InChI is InChI=1S/C26H21F2N5O3/c27-26(28)15-35-14-23(30)33-25(26)11-22(17-4-2-1-3-5-17)36-21-9-7-18(10-19(21)25)32-24(34)20-8-6-16(12-29)13-31-20/h1-10,13,22H,11,14-15H2,(H2,30,33)(H,32,34)/t22?,25-/m1/s1. The fourth-order valence-corrected chi connectivity index (χ4v) is 4.46. The normalized spacial score (nSPS) is 22.4. The number of carbonyl (C=O) groups is 1. The molecule has 182 valence electrons. The highest BCUT2D eigenvalue weighted by Gasteiger charge is 2.60. The highest BCUT2D eigenvalue weighted by Crippen LogP contribution is 2.55. The van der Waals surface area contributed by atoms with Gasteiger partial charge in [-0.1, -0.05) is 30.3 Å². The van der Waals surface area contributed by atoms with Crippen LogP contribution in [0.2, 0.25) is 0 Å². The number of pyridine rings is 1. The molecule has 2 aliphatic rings. The maximum Gasteiger partial charge on any atom is 0.299 e. The molecule has 3 heterocycles. The molecule has 2 aliphatic heterocycles. The first kappa shape index (κ1) is 23.4. The molecule has 0 bridgehead atoms. The molecule has 0 radical (unpaired) electrons. The van der Waals surface area contributed by atoms with Crippen molar-refractivity contribution < 1.29 is 23.0 Å². The topological polar surface area (TPSA) is 123 Å². The van der Waals surface area contributed by atoms with Crippen LogP contribution < -0.4 is 15.8 Å². The van der Waals surface area contributed by atoms with Gasteiger partial charge in [-0.25, -0.2) is 13.8 Å². The Hall–Kier alpha value is -4.36. The first-order valence-electron chi connectivity index (χ1n) is 11.1. The third kappa shape index (κ3) is 4.14. The van der Waals surface area contributed by atoms with E-state index in [-0.39, 0.29) is 41.6 Å². The Kier molecular flexibility index (Phi) is 5.86. The molecule has 1 spiro atoms. The Bertz CT molecular complexity index is 1370. The number of aromatic nitrogens is 1. The van der Waals surface area contributed by atoms with Gasteiger partial charge in [0.2, 0.25) is 0 Å². The lowest BCUT2D eigenvalue weighted by atomic mass is 9.76. The van der Waals surface area contributed by atoms with E-state index in [1.807, 2.05) is 24.3 Å². The van der Waals surface area contributed by atoms with Crippen LogP contribution in [0.4, 0.5) is 14.5 Å². The predicted molar refractivity (Wildman–Crippen MR) is 127 cm³/mol. The van der Waals surface area contributed by atoms with E-state index in [2.05, 4.69) is 15.3 Å². The second-order valence-electron chi connectivity index (χ2n) is 8.59. The number of benzene rings is 2. The van der Waals surface area contributed by atoms with Gasteiger partial charge in [-0.3, -0.25) is 9.79 Å². The zero-order valence-corrected chi connectivity index (χ0v) is 18.9. The highest BCUT2D eigenvalue weighted by atomic mass is 19.3. The number of amides is 1. The number of hydrogen-bond acceptors (Lipinski definition) is 7. The molecule has 5 rings (SSSR count). The minimum Gasteiger partial charge on any atom is -0.485 e. The van der Waals surface area contributed by atoms with Gasteiger partial charge >= 0.3 is 0 Å². The molecule has 3 aromatic rings. The van der Waals surface area contributed by atoms with Gasteiger partial charge in [0.25, 0.3) is 11.8 Å². The molecule has 0 saturated heterocycles. The molecule has 1 amide bonds. The van der Waals surface area contributed by atoms with Gasteiger partial charge in [-0.15, -0.1) is 0 Å². The summed E-state index contributed by atoms with van der Waals surface area (Å²) in [7, 11) is 0. The van der Waals surface area contributed by atoms with Gasteiger partial charge in [-0.05, 0) is 35.9 Å². The quantitative estimate of drug-likeness (QED) is 0.575. The van der Waals surface area contributed by atoms with E-state index in [1.165, 1.54) is 30.5 Å². The molecule has 1 aromatic heterocycles. The van der Waals surface area contributed by atoms with Gasteiger partial charge in [0.05, 0.1) is 5.56 Å². The highest BCUT2D eigenvalue weighted by molar-refractivity contribution is 6.03. The second-order valence-corrected chi connectivity index (χ2v) is 8.59. The molecule has 0 aliphatic carbocycles. The summed E-state index contributed by atoms with van der Waals surface area (Å²) in [6, 6.07) is 18.4. The molecule has 36 heavy (non-hydrogen) atoms. The molecule has 0 saturated carbocycles. The van der Waals surface area contributed by atoms with Gasteiger partial charge in [0.15, 0.2) is 5.54 Å². The maximum absolute atomic E-state index is 15.8. The smallest absolute Gasteiger partial charge is 0.299 e. The second kappa shape index (κ2) is 9.02. The number of nitrogens with zero attached hydrogens (tertiary/aromatic N) is 3. The van der Waals surface area contributed by atoms with Gasteiger partial charge in [0.1, 0.15) is 42.7 Å². The van der Waals surface area contributed by atoms with Crippen LogP contribution in [-0.2, 0) is 10.3 Å². The number of amidine groups is 1. The number of aliphatic imine (C=N–C) groups is 1. The van der Waals surface area contributed by atoms with E-state index >= 15 is 8.78 Å². The van der Waals surface area contributed by atoms with Gasteiger partial charge in [0, 0.05) is 23.9 Å². The average molecular weight is 489 g/mol.